The number of carboxylic acids is 1. The fourth-order valence-electron chi connectivity index (χ4n) is 2.92. The van der Waals surface area contributed by atoms with E-state index in [0.717, 1.165) is 6.07 Å². The third kappa shape index (κ3) is 5.56. The second-order valence-corrected chi connectivity index (χ2v) is 7.50. The average Bonchev–Trinajstić information content (AvgIpc) is 2.57. The number of hydrogen-bond acceptors (Lipinski definition) is 5. The molecule has 0 atom stereocenters. The summed E-state index contributed by atoms with van der Waals surface area (Å²) in [4.78, 5) is 36.9. The Kier molecular flexibility index (Phi) is 6.55. The molecule has 0 spiro atoms. The van der Waals surface area contributed by atoms with Crippen molar-refractivity contribution < 1.29 is 42.5 Å². The first-order valence-corrected chi connectivity index (χ1v) is 8.87. The SMILES string of the molecule is CC1(C)CC(O)=C(C(=O)NCC(=O)O)C(=O)N1Cc1ccc(Cl)c(OC(F)(F)F)c1. The summed E-state index contributed by atoms with van der Waals surface area (Å²) >= 11 is 5.73. The standard InChI is InChI=1S/C18H18ClF3N2O6/c1-17(2)6-11(25)14(15(28)23-7-13(26)27)16(29)24(17)8-9-3-4-10(19)12(5-9)30-18(20,21)22/h3-5,25H,6-8H2,1-2H3,(H,23,28)(H,26,27). The number of hydrogen-bond donors (Lipinski definition) is 3. The Balaban J connectivity index is 2.33. The van der Waals surface area contributed by atoms with E-state index >= 15 is 0 Å². The maximum absolute atomic E-state index is 12.9. The molecule has 1 aliphatic heterocycles. The van der Waals surface area contributed by atoms with Crippen LogP contribution >= 0.6 is 11.6 Å². The van der Waals surface area contributed by atoms with Gasteiger partial charge in [-0.3, -0.25) is 14.4 Å². The fourth-order valence-corrected chi connectivity index (χ4v) is 3.07. The van der Waals surface area contributed by atoms with Crippen LogP contribution in [0.5, 0.6) is 5.75 Å². The maximum Gasteiger partial charge on any atom is 0.573 e. The molecule has 12 heteroatoms. The van der Waals surface area contributed by atoms with Crippen LogP contribution in [0.4, 0.5) is 13.2 Å². The van der Waals surface area contributed by atoms with Gasteiger partial charge in [0.15, 0.2) is 0 Å². The van der Waals surface area contributed by atoms with E-state index in [4.69, 9.17) is 16.7 Å². The summed E-state index contributed by atoms with van der Waals surface area (Å²) in [5.41, 5.74) is -1.40. The fraction of sp³-hybridized carbons (Fsp3) is 0.389. The van der Waals surface area contributed by atoms with Crippen molar-refractivity contribution in [3.8, 4) is 5.75 Å². The molecular weight excluding hydrogens is 433 g/mol. The monoisotopic (exact) mass is 450 g/mol. The summed E-state index contributed by atoms with van der Waals surface area (Å²) in [7, 11) is 0. The number of nitrogens with zero attached hydrogens (tertiary/aromatic N) is 1. The highest BCUT2D eigenvalue weighted by Gasteiger charge is 2.42. The maximum atomic E-state index is 12.9. The minimum Gasteiger partial charge on any atom is -0.511 e. The third-order valence-electron chi connectivity index (χ3n) is 4.27. The van der Waals surface area contributed by atoms with Crippen LogP contribution in [0.3, 0.4) is 0 Å². The van der Waals surface area contributed by atoms with Crippen molar-refractivity contribution in [2.45, 2.75) is 38.7 Å². The van der Waals surface area contributed by atoms with Crippen LogP contribution in [-0.4, -0.2) is 51.3 Å². The number of benzene rings is 1. The van der Waals surface area contributed by atoms with Crippen LogP contribution in [-0.2, 0) is 20.9 Å². The number of alkyl halides is 3. The molecular formula is C18H18ClF3N2O6. The largest absolute Gasteiger partial charge is 0.573 e. The van der Waals surface area contributed by atoms with Gasteiger partial charge in [-0.2, -0.15) is 0 Å². The van der Waals surface area contributed by atoms with E-state index in [-0.39, 0.29) is 23.6 Å². The van der Waals surface area contributed by atoms with E-state index in [1.54, 1.807) is 13.8 Å². The molecule has 1 aromatic carbocycles. The molecule has 0 fully saturated rings. The lowest BCUT2D eigenvalue weighted by molar-refractivity contribution is -0.274. The summed E-state index contributed by atoms with van der Waals surface area (Å²) in [5.74, 6) is -4.48. The van der Waals surface area contributed by atoms with Crippen LogP contribution < -0.4 is 10.1 Å². The Labute approximate surface area is 173 Å². The molecule has 1 heterocycles. The molecule has 0 saturated carbocycles. The van der Waals surface area contributed by atoms with E-state index in [2.05, 4.69) is 4.74 Å². The molecule has 164 valence electrons. The van der Waals surface area contributed by atoms with Crippen molar-refractivity contribution in [1.29, 1.82) is 0 Å². The lowest BCUT2D eigenvalue weighted by atomic mass is 9.88. The molecule has 30 heavy (non-hydrogen) atoms. The van der Waals surface area contributed by atoms with E-state index in [9.17, 15) is 32.7 Å². The Bertz CT molecular complexity index is 914. The smallest absolute Gasteiger partial charge is 0.511 e. The number of nitrogens with one attached hydrogen (secondary N) is 1. The summed E-state index contributed by atoms with van der Waals surface area (Å²) < 4.78 is 41.5. The van der Waals surface area contributed by atoms with Gasteiger partial charge in [-0.25, -0.2) is 0 Å². The number of halogens is 4. The van der Waals surface area contributed by atoms with E-state index in [0.29, 0.717) is 0 Å². The predicted molar refractivity (Wildman–Crippen MR) is 97.7 cm³/mol. The van der Waals surface area contributed by atoms with E-state index in [1.165, 1.54) is 17.0 Å². The van der Waals surface area contributed by atoms with Crippen LogP contribution in [0, 0.1) is 0 Å². The molecule has 0 unspecified atom stereocenters. The predicted octanol–water partition coefficient (Wildman–Crippen LogP) is 2.76. The molecule has 1 aliphatic rings. The van der Waals surface area contributed by atoms with Gasteiger partial charge in [0.25, 0.3) is 11.8 Å². The van der Waals surface area contributed by atoms with Crippen molar-refractivity contribution in [2.75, 3.05) is 6.54 Å². The highest BCUT2D eigenvalue weighted by atomic mass is 35.5. The van der Waals surface area contributed by atoms with Crippen molar-refractivity contribution in [1.82, 2.24) is 10.2 Å². The summed E-state index contributed by atoms with van der Waals surface area (Å²) in [6, 6.07) is 3.58. The Morgan fingerprint density at radius 1 is 1.33 bits per heavy atom. The number of aliphatic carboxylic acids is 1. The van der Waals surface area contributed by atoms with Gasteiger partial charge in [0.05, 0.1) is 5.02 Å². The lowest BCUT2D eigenvalue weighted by Crippen LogP contribution is -2.53. The molecule has 3 N–H and O–H groups in total. The quantitative estimate of drug-likeness (QED) is 0.574. The van der Waals surface area contributed by atoms with Gasteiger partial charge >= 0.3 is 12.3 Å². The number of amides is 2. The van der Waals surface area contributed by atoms with Crippen molar-refractivity contribution in [3.63, 3.8) is 0 Å². The topological polar surface area (TPSA) is 116 Å². The number of carbonyl (C=O) groups is 3. The number of aliphatic hydroxyl groups excluding tert-OH is 1. The third-order valence-corrected chi connectivity index (χ3v) is 4.58. The molecule has 2 rings (SSSR count). The van der Waals surface area contributed by atoms with Gasteiger partial charge in [0.2, 0.25) is 0 Å². The van der Waals surface area contributed by atoms with Crippen LogP contribution in [0.1, 0.15) is 25.8 Å². The van der Waals surface area contributed by atoms with Gasteiger partial charge < -0.3 is 25.2 Å². The zero-order valence-corrected chi connectivity index (χ0v) is 16.6. The number of carboxylic acid groups (broad SMARTS) is 1. The first kappa shape index (κ1) is 23.3. The molecule has 8 nitrogen and oxygen atoms in total. The van der Waals surface area contributed by atoms with Gasteiger partial charge in [0.1, 0.15) is 23.6 Å². The normalized spacial score (nSPS) is 16.5. The van der Waals surface area contributed by atoms with Crippen LogP contribution in [0.15, 0.2) is 29.5 Å². The Morgan fingerprint density at radius 3 is 2.53 bits per heavy atom. The van der Waals surface area contributed by atoms with Crippen LogP contribution in [0.2, 0.25) is 5.02 Å². The molecule has 0 radical (unpaired) electrons. The second kappa shape index (κ2) is 8.42. The second-order valence-electron chi connectivity index (χ2n) is 7.09. The number of aliphatic hydroxyl groups is 1. The van der Waals surface area contributed by atoms with Gasteiger partial charge in [-0.05, 0) is 31.5 Å². The van der Waals surface area contributed by atoms with Gasteiger partial charge in [-0.15, -0.1) is 13.2 Å². The number of ether oxygens (including phenoxy) is 1. The van der Waals surface area contributed by atoms with Gasteiger partial charge in [-0.1, -0.05) is 17.7 Å². The molecule has 0 saturated heterocycles. The van der Waals surface area contributed by atoms with E-state index < -0.39 is 53.3 Å². The molecule has 2 amide bonds. The van der Waals surface area contributed by atoms with Crippen molar-refractivity contribution >= 4 is 29.4 Å². The van der Waals surface area contributed by atoms with E-state index in [1.807, 2.05) is 5.32 Å². The molecule has 0 aliphatic carbocycles. The van der Waals surface area contributed by atoms with Crippen molar-refractivity contribution in [3.05, 3.63) is 40.1 Å². The number of rotatable bonds is 6. The summed E-state index contributed by atoms with van der Waals surface area (Å²) in [5, 5.41) is 20.5. The number of carbonyl (C=O) groups excluding carboxylic acids is 2. The van der Waals surface area contributed by atoms with Gasteiger partial charge in [0, 0.05) is 18.5 Å². The highest BCUT2D eigenvalue weighted by molar-refractivity contribution is 6.32. The zero-order chi connectivity index (χ0) is 22.9. The first-order chi connectivity index (χ1) is 13.7. The first-order valence-electron chi connectivity index (χ1n) is 8.49. The minimum absolute atomic E-state index is 0.131. The zero-order valence-electron chi connectivity index (χ0n) is 15.8. The minimum atomic E-state index is -4.97. The molecule has 0 aromatic heterocycles. The van der Waals surface area contributed by atoms with Crippen LogP contribution in [0.25, 0.3) is 0 Å². The van der Waals surface area contributed by atoms with Crippen molar-refractivity contribution in [2.24, 2.45) is 0 Å². The highest BCUT2D eigenvalue weighted by Crippen LogP contribution is 2.35. The summed E-state index contributed by atoms with van der Waals surface area (Å²) in [6.07, 6.45) is -5.10. The lowest BCUT2D eigenvalue weighted by Gasteiger charge is -2.42. The molecule has 1 aromatic rings. The molecule has 0 bridgehead atoms. The Hall–Kier alpha value is -2.95. The Morgan fingerprint density at radius 2 is 1.97 bits per heavy atom. The average molecular weight is 451 g/mol. The summed E-state index contributed by atoms with van der Waals surface area (Å²) in [6.45, 7) is 2.20.